The van der Waals surface area contributed by atoms with Crippen molar-refractivity contribution in [1.82, 2.24) is 9.88 Å². The number of nitrogens with zero attached hydrogens (tertiary/aromatic N) is 2. The van der Waals surface area contributed by atoms with E-state index in [1.54, 1.807) is 6.07 Å². The van der Waals surface area contributed by atoms with E-state index >= 15 is 0 Å². The first-order valence-electron chi connectivity index (χ1n) is 11.4. The molecule has 4 rings (SSSR count). The number of carbonyl (C=O) groups excluding carboxylic acids is 1. The molecule has 34 heavy (non-hydrogen) atoms. The van der Waals surface area contributed by atoms with Gasteiger partial charge in [0, 0.05) is 23.6 Å². The van der Waals surface area contributed by atoms with Crippen LogP contribution in [0.15, 0.2) is 42.5 Å². The van der Waals surface area contributed by atoms with E-state index in [1.165, 1.54) is 16.2 Å². The number of rotatable bonds is 6. The van der Waals surface area contributed by atoms with Crippen molar-refractivity contribution < 1.29 is 14.7 Å². The number of benzene rings is 2. The largest absolute Gasteiger partial charge is 0.465 e. The zero-order valence-corrected chi connectivity index (χ0v) is 21.0. The quantitative estimate of drug-likeness (QED) is 0.403. The number of aryl methyl sites for hydroxylation is 1. The van der Waals surface area contributed by atoms with Crippen LogP contribution in [0.5, 0.6) is 0 Å². The van der Waals surface area contributed by atoms with Crippen LogP contribution in [0.3, 0.4) is 0 Å². The zero-order chi connectivity index (χ0) is 24.4. The Labute approximate surface area is 208 Å². The minimum Gasteiger partial charge on any atom is -0.465 e. The second-order valence-corrected chi connectivity index (χ2v) is 10.6. The maximum Gasteiger partial charge on any atom is 0.407 e. The highest BCUT2D eigenvalue weighted by Crippen LogP contribution is 2.35. The van der Waals surface area contributed by atoms with Gasteiger partial charge in [-0.05, 0) is 66.6 Å². The van der Waals surface area contributed by atoms with E-state index in [-0.39, 0.29) is 11.9 Å². The molecule has 2 N–H and O–H groups in total. The van der Waals surface area contributed by atoms with Crippen molar-refractivity contribution >= 4 is 39.9 Å². The maximum absolute atomic E-state index is 13.0. The van der Waals surface area contributed by atoms with Gasteiger partial charge >= 0.3 is 6.09 Å². The predicted molar refractivity (Wildman–Crippen MR) is 136 cm³/mol. The summed E-state index contributed by atoms with van der Waals surface area (Å²) >= 11 is 7.44. The highest BCUT2D eigenvalue weighted by Gasteiger charge is 2.31. The number of carboxylic acid groups (broad SMARTS) is 1. The first-order valence-corrected chi connectivity index (χ1v) is 12.5. The molecule has 1 aromatic heterocycles. The SMILES string of the molecule is Cc1nc(Cc2ccc(Cl)cc2)sc1NC(=O)c1ccc2c(c1)CCN(C(=O)O)C2CC(C)C. The summed E-state index contributed by atoms with van der Waals surface area (Å²) < 4.78 is 0. The molecule has 6 nitrogen and oxygen atoms in total. The smallest absolute Gasteiger partial charge is 0.407 e. The number of amides is 2. The molecule has 0 saturated heterocycles. The number of nitrogens with one attached hydrogen (secondary N) is 1. The molecule has 0 fully saturated rings. The van der Waals surface area contributed by atoms with Gasteiger partial charge in [-0.1, -0.05) is 43.6 Å². The Morgan fingerprint density at radius 1 is 1.24 bits per heavy atom. The molecule has 2 amide bonds. The second-order valence-electron chi connectivity index (χ2n) is 9.06. The Kier molecular flexibility index (Phi) is 7.24. The van der Waals surface area contributed by atoms with Gasteiger partial charge in [0.2, 0.25) is 0 Å². The number of hydrogen-bond donors (Lipinski definition) is 2. The predicted octanol–water partition coefficient (Wildman–Crippen LogP) is 6.57. The Balaban J connectivity index is 1.50. The van der Waals surface area contributed by atoms with E-state index in [1.807, 2.05) is 43.3 Å². The average molecular weight is 498 g/mol. The van der Waals surface area contributed by atoms with E-state index in [9.17, 15) is 14.7 Å². The Morgan fingerprint density at radius 3 is 2.65 bits per heavy atom. The summed E-state index contributed by atoms with van der Waals surface area (Å²) in [5, 5.41) is 15.0. The third-order valence-corrected chi connectivity index (χ3v) is 7.36. The standard InChI is InChI=1S/C26H28ClN3O3S/c1-15(2)12-22-21-9-6-19(14-18(21)10-11-30(22)26(32)33)24(31)29-25-16(3)28-23(34-25)13-17-4-7-20(27)8-5-17/h4-9,14-15,22H,10-13H2,1-3H3,(H,29,31)(H,32,33). The van der Waals surface area contributed by atoms with Gasteiger partial charge in [0.25, 0.3) is 5.91 Å². The van der Waals surface area contributed by atoms with Gasteiger partial charge in [-0.2, -0.15) is 0 Å². The fraction of sp³-hybridized carbons (Fsp3) is 0.346. The van der Waals surface area contributed by atoms with Crippen molar-refractivity contribution in [1.29, 1.82) is 0 Å². The van der Waals surface area contributed by atoms with Crippen LogP contribution in [0, 0.1) is 12.8 Å². The molecular weight excluding hydrogens is 470 g/mol. The van der Waals surface area contributed by atoms with Gasteiger partial charge in [-0.15, -0.1) is 11.3 Å². The van der Waals surface area contributed by atoms with Gasteiger partial charge in [-0.3, -0.25) is 4.79 Å². The van der Waals surface area contributed by atoms with Gasteiger partial charge in [0.05, 0.1) is 16.7 Å². The van der Waals surface area contributed by atoms with E-state index in [2.05, 4.69) is 24.1 Å². The van der Waals surface area contributed by atoms with Crippen molar-refractivity contribution in [2.45, 2.75) is 46.1 Å². The third-order valence-electron chi connectivity index (χ3n) is 6.04. The summed E-state index contributed by atoms with van der Waals surface area (Å²) in [7, 11) is 0. The molecule has 1 atom stereocenters. The summed E-state index contributed by atoms with van der Waals surface area (Å²) in [5.41, 5.74) is 4.50. The molecule has 8 heteroatoms. The van der Waals surface area contributed by atoms with Crippen LogP contribution in [-0.2, 0) is 12.8 Å². The molecule has 1 aliphatic rings. The van der Waals surface area contributed by atoms with E-state index < -0.39 is 6.09 Å². The Hall–Kier alpha value is -2.90. The fourth-order valence-electron chi connectivity index (χ4n) is 4.38. The summed E-state index contributed by atoms with van der Waals surface area (Å²) in [6, 6.07) is 13.1. The Bertz CT molecular complexity index is 1210. The highest BCUT2D eigenvalue weighted by molar-refractivity contribution is 7.16. The first kappa shape index (κ1) is 24.2. The molecular formula is C26H28ClN3O3S. The van der Waals surface area contributed by atoms with Gasteiger partial charge in [0.15, 0.2) is 0 Å². The molecule has 2 aromatic carbocycles. The lowest BCUT2D eigenvalue weighted by Gasteiger charge is -2.36. The minimum atomic E-state index is -0.895. The van der Waals surface area contributed by atoms with Gasteiger partial charge in [-0.25, -0.2) is 9.78 Å². The average Bonchev–Trinajstić information content (AvgIpc) is 3.13. The molecule has 178 valence electrons. The zero-order valence-electron chi connectivity index (χ0n) is 19.5. The van der Waals surface area contributed by atoms with Crippen LogP contribution < -0.4 is 5.32 Å². The molecule has 3 aromatic rings. The summed E-state index contributed by atoms with van der Waals surface area (Å²) in [6.45, 7) is 6.51. The highest BCUT2D eigenvalue weighted by atomic mass is 35.5. The van der Waals surface area contributed by atoms with Crippen molar-refractivity contribution in [3.8, 4) is 0 Å². The maximum atomic E-state index is 13.0. The Morgan fingerprint density at radius 2 is 1.97 bits per heavy atom. The molecule has 2 heterocycles. The minimum absolute atomic E-state index is 0.183. The van der Waals surface area contributed by atoms with E-state index in [0.29, 0.717) is 35.9 Å². The number of carbonyl (C=O) groups is 2. The molecule has 0 aliphatic carbocycles. The lowest BCUT2D eigenvalue weighted by atomic mass is 9.87. The van der Waals surface area contributed by atoms with Crippen LogP contribution in [0.2, 0.25) is 5.02 Å². The topological polar surface area (TPSA) is 82.5 Å². The van der Waals surface area contributed by atoms with Crippen molar-refractivity contribution in [2.75, 3.05) is 11.9 Å². The molecule has 0 saturated carbocycles. The number of anilines is 1. The van der Waals surface area contributed by atoms with Crippen molar-refractivity contribution in [3.63, 3.8) is 0 Å². The lowest BCUT2D eigenvalue weighted by Crippen LogP contribution is -2.39. The third kappa shape index (κ3) is 5.42. The van der Waals surface area contributed by atoms with Crippen LogP contribution in [0.25, 0.3) is 0 Å². The van der Waals surface area contributed by atoms with Crippen molar-refractivity contribution in [2.24, 2.45) is 5.92 Å². The van der Waals surface area contributed by atoms with E-state index in [0.717, 1.165) is 38.8 Å². The fourth-order valence-corrected chi connectivity index (χ4v) is 5.50. The molecule has 0 bridgehead atoms. The first-order chi connectivity index (χ1) is 16.2. The summed E-state index contributed by atoms with van der Waals surface area (Å²) in [4.78, 5) is 30.9. The van der Waals surface area contributed by atoms with Crippen LogP contribution in [0.1, 0.15) is 64.1 Å². The van der Waals surface area contributed by atoms with Gasteiger partial charge in [0.1, 0.15) is 5.00 Å². The molecule has 1 unspecified atom stereocenters. The van der Waals surface area contributed by atoms with Crippen LogP contribution >= 0.6 is 22.9 Å². The van der Waals surface area contributed by atoms with Crippen LogP contribution in [0.4, 0.5) is 9.80 Å². The second kappa shape index (κ2) is 10.2. The van der Waals surface area contributed by atoms with Crippen molar-refractivity contribution in [3.05, 3.63) is 80.4 Å². The number of fused-ring (bicyclic) bond motifs is 1. The summed E-state index contributed by atoms with van der Waals surface area (Å²) in [5.74, 6) is 0.172. The summed E-state index contributed by atoms with van der Waals surface area (Å²) in [6.07, 6.45) is 1.13. The normalized spacial score (nSPS) is 15.3. The lowest BCUT2D eigenvalue weighted by molar-refractivity contribution is 0.102. The monoisotopic (exact) mass is 497 g/mol. The van der Waals surface area contributed by atoms with E-state index in [4.69, 9.17) is 11.6 Å². The number of aromatic nitrogens is 1. The van der Waals surface area contributed by atoms with Gasteiger partial charge < -0.3 is 15.3 Å². The number of halogens is 1. The number of thiazole rings is 1. The molecule has 1 aliphatic heterocycles. The molecule has 0 radical (unpaired) electrons. The molecule has 0 spiro atoms. The van der Waals surface area contributed by atoms with Crippen LogP contribution in [-0.4, -0.2) is 33.5 Å². The number of hydrogen-bond acceptors (Lipinski definition) is 4.